The van der Waals surface area contributed by atoms with E-state index >= 15 is 0 Å². The summed E-state index contributed by atoms with van der Waals surface area (Å²) in [7, 11) is -3.93. The SMILES string of the molecule is CC(C)OCCNC(=O)c1cc(S(N)(=O)=O)c(Br)o1. The number of carbonyl (C=O) groups excluding carboxylic acids is 1. The van der Waals surface area contributed by atoms with Crippen LogP contribution in [-0.4, -0.2) is 33.6 Å². The molecule has 0 radical (unpaired) electrons. The molecule has 0 spiro atoms. The molecule has 0 atom stereocenters. The molecule has 1 heterocycles. The van der Waals surface area contributed by atoms with Gasteiger partial charge < -0.3 is 14.5 Å². The Labute approximate surface area is 119 Å². The number of rotatable bonds is 6. The van der Waals surface area contributed by atoms with Crippen molar-refractivity contribution in [2.45, 2.75) is 24.8 Å². The first-order valence-corrected chi connectivity index (χ1v) is 7.77. The van der Waals surface area contributed by atoms with Crippen LogP contribution >= 0.6 is 15.9 Å². The summed E-state index contributed by atoms with van der Waals surface area (Å²) in [5, 5.41) is 7.49. The number of hydrogen-bond acceptors (Lipinski definition) is 5. The predicted octanol–water partition coefficient (Wildman–Crippen LogP) is 0.844. The zero-order valence-corrected chi connectivity index (χ0v) is 12.9. The molecule has 1 aromatic heterocycles. The average Bonchev–Trinajstić information content (AvgIpc) is 2.66. The van der Waals surface area contributed by atoms with Gasteiger partial charge in [-0.2, -0.15) is 0 Å². The number of nitrogens with one attached hydrogen (secondary N) is 1. The third kappa shape index (κ3) is 4.94. The molecule has 19 heavy (non-hydrogen) atoms. The van der Waals surface area contributed by atoms with Gasteiger partial charge in [-0.15, -0.1) is 0 Å². The highest BCUT2D eigenvalue weighted by atomic mass is 79.9. The van der Waals surface area contributed by atoms with Crippen molar-refractivity contribution in [2.75, 3.05) is 13.2 Å². The van der Waals surface area contributed by atoms with Crippen LogP contribution in [0.15, 0.2) is 20.0 Å². The molecule has 0 aliphatic rings. The molecule has 0 bridgehead atoms. The molecule has 1 rings (SSSR count). The van der Waals surface area contributed by atoms with Crippen molar-refractivity contribution >= 4 is 31.9 Å². The van der Waals surface area contributed by atoms with Crippen molar-refractivity contribution in [3.63, 3.8) is 0 Å². The van der Waals surface area contributed by atoms with Gasteiger partial charge in [-0.25, -0.2) is 13.6 Å². The lowest BCUT2D eigenvalue weighted by Crippen LogP contribution is -2.27. The second-order valence-corrected chi connectivity index (χ2v) is 6.22. The van der Waals surface area contributed by atoms with Gasteiger partial charge in [-0.3, -0.25) is 4.79 Å². The lowest BCUT2D eigenvalue weighted by molar-refractivity contribution is 0.0736. The largest absolute Gasteiger partial charge is 0.443 e. The van der Waals surface area contributed by atoms with Crippen molar-refractivity contribution < 1.29 is 22.4 Å². The Morgan fingerprint density at radius 3 is 2.68 bits per heavy atom. The Hall–Kier alpha value is -0.900. The van der Waals surface area contributed by atoms with E-state index in [4.69, 9.17) is 14.3 Å². The molecule has 1 amide bonds. The normalized spacial score (nSPS) is 11.8. The van der Waals surface area contributed by atoms with Crippen molar-refractivity contribution in [3.05, 3.63) is 16.5 Å². The summed E-state index contributed by atoms with van der Waals surface area (Å²) in [5.74, 6) is -0.677. The maximum atomic E-state index is 11.7. The number of primary sulfonamides is 1. The summed E-state index contributed by atoms with van der Waals surface area (Å²) in [6, 6.07) is 1.07. The van der Waals surface area contributed by atoms with Gasteiger partial charge in [0.15, 0.2) is 10.4 Å². The van der Waals surface area contributed by atoms with E-state index in [2.05, 4.69) is 21.2 Å². The number of hydrogen-bond donors (Lipinski definition) is 2. The quantitative estimate of drug-likeness (QED) is 0.735. The molecule has 0 saturated carbocycles. The molecular weight excluding hydrogens is 340 g/mol. The molecule has 0 fully saturated rings. The molecule has 0 saturated heterocycles. The number of ether oxygens (including phenoxy) is 1. The van der Waals surface area contributed by atoms with E-state index in [1.165, 1.54) is 0 Å². The van der Waals surface area contributed by atoms with Crippen LogP contribution in [0.1, 0.15) is 24.4 Å². The molecule has 9 heteroatoms. The highest BCUT2D eigenvalue weighted by Gasteiger charge is 2.21. The second kappa shape index (κ2) is 6.51. The van der Waals surface area contributed by atoms with E-state index in [0.29, 0.717) is 13.2 Å². The van der Waals surface area contributed by atoms with E-state index in [1.54, 1.807) is 0 Å². The van der Waals surface area contributed by atoms with Gasteiger partial charge in [0.05, 0.1) is 12.7 Å². The fourth-order valence-corrected chi connectivity index (χ4v) is 2.71. The Balaban J connectivity index is 2.64. The van der Waals surface area contributed by atoms with Crippen LogP contribution in [-0.2, 0) is 14.8 Å². The first-order chi connectivity index (χ1) is 8.71. The maximum absolute atomic E-state index is 11.7. The Morgan fingerprint density at radius 2 is 2.21 bits per heavy atom. The topological polar surface area (TPSA) is 112 Å². The molecule has 0 aliphatic heterocycles. The van der Waals surface area contributed by atoms with Crippen LogP contribution in [0.25, 0.3) is 0 Å². The third-order valence-electron chi connectivity index (χ3n) is 2.02. The monoisotopic (exact) mass is 354 g/mol. The van der Waals surface area contributed by atoms with Gasteiger partial charge in [0, 0.05) is 12.6 Å². The molecule has 3 N–H and O–H groups in total. The van der Waals surface area contributed by atoms with E-state index < -0.39 is 15.9 Å². The van der Waals surface area contributed by atoms with Crippen LogP contribution in [0.4, 0.5) is 0 Å². The van der Waals surface area contributed by atoms with E-state index in [-0.39, 0.29) is 21.4 Å². The second-order valence-electron chi connectivity index (χ2n) is 3.97. The summed E-state index contributed by atoms with van der Waals surface area (Å²) < 4.78 is 32.5. The zero-order chi connectivity index (χ0) is 14.6. The van der Waals surface area contributed by atoms with Crippen LogP contribution in [0.5, 0.6) is 0 Å². The van der Waals surface area contributed by atoms with Crippen molar-refractivity contribution in [1.82, 2.24) is 5.32 Å². The van der Waals surface area contributed by atoms with Crippen molar-refractivity contribution in [2.24, 2.45) is 5.14 Å². The molecule has 0 unspecified atom stereocenters. The molecule has 1 aromatic rings. The lowest BCUT2D eigenvalue weighted by atomic mass is 10.4. The minimum atomic E-state index is -3.93. The summed E-state index contributed by atoms with van der Waals surface area (Å²) in [6.07, 6.45) is 0.0728. The number of nitrogens with two attached hydrogens (primary N) is 1. The van der Waals surface area contributed by atoms with Gasteiger partial charge >= 0.3 is 0 Å². The minimum Gasteiger partial charge on any atom is -0.443 e. The van der Waals surface area contributed by atoms with Gasteiger partial charge in [-0.05, 0) is 29.8 Å². The van der Waals surface area contributed by atoms with Gasteiger partial charge in [0.25, 0.3) is 5.91 Å². The fraction of sp³-hybridized carbons (Fsp3) is 0.500. The Kier molecular flexibility index (Phi) is 5.53. The molecular formula is C10H15BrN2O5S. The summed E-state index contributed by atoms with van der Waals surface area (Å²) in [4.78, 5) is 11.4. The Morgan fingerprint density at radius 1 is 1.58 bits per heavy atom. The molecule has 0 aliphatic carbocycles. The van der Waals surface area contributed by atoms with Crippen LogP contribution < -0.4 is 10.5 Å². The first kappa shape index (κ1) is 16.2. The minimum absolute atomic E-state index is 0.0728. The Bertz CT molecular complexity index is 552. The fourth-order valence-electron chi connectivity index (χ4n) is 1.20. The van der Waals surface area contributed by atoms with Crippen molar-refractivity contribution in [1.29, 1.82) is 0 Å². The summed E-state index contributed by atoms with van der Waals surface area (Å²) >= 11 is 2.89. The van der Waals surface area contributed by atoms with Crippen molar-refractivity contribution in [3.8, 4) is 0 Å². The lowest BCUT2D eigenvalue weighted by Gasteiger charge is -2.07. The number of halogens is 1. The smallest absolute Gasteiger partial charge is 0.287 e. The molecule has 7 nitrogen and oxygen atoms in total. The van der Waals surface area contributed by atoms with E-state index in [1.807, 2.05) is 13.8 Å². The highest BCUT2D eigenvalue weighted by Crippen LogP contribution is 2.24. The number of furan rings is 1. The van der Waals surface area contributed by atoms with Crippen LogP contribution in [0, 0.1) is 0 Å². The van der Waals surface area contributed by atoms with E-state index in [0.717, 1.165) is 6.07 Å². The van der Waals surface area contributed by atoms with Gasteiger partial charge in [-0.1, -0.05) is 0 Å². The number of amides is 1. The summed E-state index contributed by atoms with van der Waals surface area (Å²) in [6.45, 7) is 4.40. The first-order valence-electron chi connectivity index (χ1n) is 5.43. The molecule has 0 aromatic carbocycles. The maximum Gasteiger partial charge on any atom is 0.287 e. The molecule has 108 valence electrons. The van der Waals surface area contributed by atoms with Crippen LogP contribution in [0.3, 0.4) is 0 Å². The van der Waals surface area contributed by atoms with Crippen LogP contribution in [0.2, 0.25) is 0 Å². The summed E-state index contributed by atoms with van der Waals surface area (Å²) in [5.41, 5.74) is 0. The number of sulfonamides is 1. The number of carbonyl (C=O) groups is 1. The van der Waals surface area contributed by atoms with E-state index in [9.17, 15) is 13.2 Å². The standard InChI is InChI=1S/C10H15BrN2O5S/c1-6(2)17-4-3-13-10(14)7-5-8(9(11)18-7)19(12,15)16/h5-6H,3-4H2,1-2H3,(H,13,14)(H2,12,15,16). The third-order valence-corrected chi connectivity index (χ3v) is 3.79. The van der Waals surface area contributed by atoms with Gasteiger partial charge in [0.2, 0.25) is 10.0 Å². The van der Waals surface area contributed by atoms with Gasteiger partial charge in [0.1, 0.15) is 4.90 Å². The predicted molar refractivity (Wildman–Crippen MR) is 71.2 cm³/mol. The zero-order valence-electron chi connectivity index (χ0n) is 10.5. The average molecular weight is 355 g/mol. The highest BCUT2D eigenvalue weighted by molar-refractivity contribution is 9.10.